The van der Waals surface area contributed by atoms with Gasteiger partial charge < -0.3 is 15.4 Å². The van der Waals surface area contributed by atoms with Crippen molar-refractivity contribution in [2.24, 2.45) is 17.6 Å². The Labute approximate surface area is 111 Å². The van der Waals surface area contributed by atoms with Gasteiger partial charge in [-0.2, -0.15) is 0 Å². The third-order valence-corrected chi connectivity index (χ3v) is 3.58. The summed E-state index contributed by atoms with van der Waals surface area (Å²) in [5.74, 6) is 0.977. The van der Waals surface area contributed by atoms with Gasteiger partial charge in [0.05, 0.1) is 6.61 Å². The molecule has 0 unspecified atom stereocenters. The Hall–Kier alpha value is -0.610. The quantitative estimate of drug-likeness (QED) is 0.786. The molecule has 18 heavy (non-hydrogen) atoms. The molecule has 1 aliphatic carbocycles. The standard InChI is InChI=1S/C14H28N2O2/c1-11(2)10-16(8-9-18-3)14(17)12-4-6-13(15)7-5-12/h11-13H,4-10,15H2,1-3H3. The van der Waals surface area contributed by atoms with Gasteiger partial charge in [-0.15, -0.1) is 0 Å². The predicted octanol–water partition coefficient (Wildman–Crippen LogP) is 1.63. The summed E-state index contributed by atoms with van der Waals surface area (Å²) in [6.07, 6.45) is 3.86. The average Bonchev–Trinajstić information content (AvgIpc) is 2.34. The van der Waals surface area contributed by atoms with E-state index in [1.807, 2.05) is 4.90 Å². The molecule has 0 spiro atoms. The third-order valence-electron chi connectivity index (χ3n) is 3.58. The van der Waals surface area contributed by atoms with Crippen LogP contribution < -0.4 is 5.73 Å². The molecule has 0 saturated heterocycles. The third kappa shape index (κ3) is 4.94. The van der Waals surface area contributed by atoms with Crippen molar-refractivity contribution in [3.8, 4) is 0 Å². The lowest BCUT2D eigenvalue weighted by molar-refractivity contribution is -0.137. The molecule has 0 aromatic heterocycles. The number of carbonyl (C=O) groups excluding carboxylic acids is 1. The summed E-state index contributed by atoms with van der Waals surface area (Å²) in [7, 11) is 1.68. The normalized spacial score (nSPS) is 24.3. The number of hydrogen-bond acceptors (Lipinski definition) is 3. The minimum atomic E-state index is 0.181. The molecule has 0 atom stereocenters. The summed E-state index contributed by atoms with van der Waals surface area (Å²) >= 11 is 0. The van der Waals surface area contributed by atoms with E-state index in [4.69, 9.17) is 10.5 Å². The van der Waals surface area contributed by atoms with Crippen LogP contribution >= 0.6 is 0 Å². The molecule has 0 aliphatic heterocycles. The summed E-state index contributed by atoms with van der Waals surface area (Å²) in [5, 5.41) is 0. The Bertz CT molecular complexity index is 248. The van der Waals surface area contributed by atoms with E-state index in [-0.39, 0.29) is 5.92 Å². The Morgan fingerprint density at radius 1 is 1.33 bits per heavy atom. The monoisotopic (exact) mass is 256 g/mol. The van der Waals surface area contributed by atoms with E-state index >= 15 is 0 Å². The average molecular weight is 256 g/mol. The summed E-state index contributed by atoms with van der Waals surface area (Å²) in [5.41, 5.74) is 5.89. The van der Waals surface area contributed by atoms with Crippen molar-refractivity contribution in [3.05, 3.63) is 0 Å². The molecule has 4 nitrogen and oxygen atoms in total. The highest BCUT2D eigenvalue weighted by Crippen LogP contribution is 2.25. The van der Waals surface area contributed by atoms with Crippen molar-refractivity contribution in [2.75, 3.05) is 26.8 Å². The molecule has 1 aliphatic rings. The molecular weight excluding hydrogens is 228 g/mol. The number of methoxy groups -OCH3 is 1. The van der Waals surface area contributed by atoms with Crippen LogP contribution in [0.2, 0.25) is 0 Å². The van der Waals surface area contributed by atoms with Crippen LogP contribution in [0, 0.1) is 11.8 Å². The molecular formula is C14H28N2O2. The largest absolute Gasteiger partial charge is 0.383 e. The van der Waals surface area contributed by atoms with Crippen LogP contribution in [0.15, 0.2) is 0 Å². The zero-order valence-electron chi connectivity index (χ0n) is 12.0. The summed E-state index contributed by atoms with van der Waals surface area (Å²) in [4.78, 5) is 14.4. The van der Waals surface area contributed by atoms with Crippen LogP contribution in [0.1, 0.15) is 39.5 Å². The molecule has 0 aromatic carbocycles. The topological polar surface area (TPSA) is 55.6 Å². The molecule has 1 saturated carbocycles. The Kier molecular flexibility index (Phi) is 6.65. The first-order chi connectivity index (χ1) is 8.54. The second kappa shape index (κ2) is 7.74. The zero-order valence-corrected chi connectivity index (χ0v) is 12.0. The highest BCUT2D eigenvalue weighted by molar-refractivity contribution is 5.79. The Morgan fingerprint density at radius 2 is 1.94 bits per heavy atom. The van der Waals surface area contributed by atoms with Crippen LogP contribution in [0.3, 0.4) is 0 Å². The molecule has 4 heteroatoms. The van der Waals surface area contributed by atoms with Crippen molar-refractivity contribution in [1.29, 1.82) is 0 Å². The molecule has 1 amide bonds. The van der Waals surface area contributed by atoms with Gasteiger partial charge in [0.2, 0.25) is 5.91 Å². The van der Waals surface area contributed by atoms with Crippen molar-refractivity contribution in [3.63, 3.8) is 0 Å². The van der Waals surface area contributed by atoms with Crippen LogP contribution in [0.4, 0.5) is 0 Å². The molecule has 2 N–H and O–H groups in total. The van der Waals surface area contributed by atoms with Crippen LogP contribution in [-0.2, 0) is 9.53 Å². The van der Waals surface area contributed by atoms with Gasteiger partial charge in [-0.25, -0.2) is 0 Å². The van der Waals surface area contributed by atoms with E-state index in [1.165, 1.54) is 0 Å². The van der Waals surface area contributed by atoms with Crippen molar-refractivity contribution >= 4 is 5.91 Å². The highest BCUT2D eigenvalue weighted by atomic mass is 16.5. The fraction of sp³-hybridized carbons (Fsp3) is 0.929. The van der Waals surface area contributed by atoms with E-state index in [1.54, 1.807) is 7.11 Å². The van der Waals surface area contributed by atoms with Crippen molar-refractivity contribution in [2.45, 2.75) is 45.6 Å². The number of nitrogens with two attached hydrogens (primary N) is 1. The summed E-state index contributed by atoms with van der Waals surface area (Å²) in [6.45, 7) is 6.43. The highest BCUT2D eigenvalue weighted by Gasteiger charge is 2.28. The van der Waals surface area contributed by atoms with E-state index in [2.05, 4.69) is 13.8 Å². The second-order valence-electron chi connectivity index (χ2n) is 5.78. The summed E-state index contributed by atoms with van der Waals surface area (Å²) < 4.78 is 5.09. The first-order valence-corrected chi connectivity index (χ1v) is 7.08. The van der Waals surface area contributed by atoms with Gasteiger partial charge in [0.1, 0.15) is 0 Å². The summed E-state index contributed by atoms with van der Waals surface area (Å²) in [6, 6.07) is 0.298. The lowest BCUT2D eigenvalue weighted by Gasteiger charge is -2.32. The fourth-order valence-corrected chi connectivity index (χ4v) is 2.56. The van der Waals surface area contributed by atoms with Gasteiger partial charge in [-0.1, -0.05) is 13.8 Å². The van der Waals surface area contributed by atoms with E-state index in [0.717, 1.165) is 32.2 Å². The smallest absolute Gasteiger partial charge is 0.225 e. The minimum absolute atomic E-state index is 0.181. The number of ether oxygens (including phenoxy) is 1. The second-order valence-corrected chi connectivity index (χ2v) is 5.78. The molecule has 1 fully saturated rings. The van der Waals surface area contributed by atoms with Gasteiger partial charge in [-0.05, 0) is 31.6 Å². The maximum absolute atomic E-state index is 12.5. The first-order valence-electron chi connectivity index (χ1n) is 7.08. The Morgan fingerprint density at radius 3 is 2.44 bits per heavy atom. The molecule has 0 bridgehead atoms. The molecule has 0 radical (unpaired) electrons. The number of carbonyl (C=O) groups is 1. The first kappa shape index (κ1) is 15.4. The molecule has 106 valence electrons. The SMILES string of the molecule is COCCN(CC(C)C)C(=O)C1CCC(N)CC1. The Balaban J connectivity index is 2.51. The maximum atomic E-state index is 12.5. The lowest BCUT2D eigenvalue weighted by Crippen LogP contribution is -2.42. The number of amides is 1. The van der Waals surface area contributed by atoms with Crippen LogP contribution in [-0.4, -0.2) is 43.7 Å². The van der Waals surface area contributed by atoms with Crippen molar-refractivity contribution in [1.82, 2.24) is 4.90 Å². The number of nitrogens with zero attached hydrogens (tertiary/aromatic N) is 1. The molecule has 0 heterocycles. The van der Waals surface area contributed by atoms with E-state index < -0.39 is 0 Å². The van der Waals surface area contributed by atoms with E-state index in [0.29, 0.717) is 31.0 Å². The lowest BCUT2D eigenvalue weighted by atomic mass is 9.85. The molecule has 0 aromatic rings. The van der Waals surface area contributed by atoms with Gasteiger partial charge in [0.15, 0.2) is 0 Å². The van der Waals surface area contributed by atoms with Crippen molar-refractivity contribution < 1.29 is 9.53 Å². The van der Waals surface area contributed by atoms with Crippen LogP contribution in [0.5, 0.6) is 0 Å². The zero-order chi connectivity index (χ0) is 13.5. The minimum Gasteiger partial charge on any atom is -0.383 e. The van der Waals surface area contributed by atoms with Gasteiger partial charge in [0.25, 0.3) is 0 Å². The number of rotatable bonds is 6. The number of hydrogen-bond donors (Lipinski definition) is 1. The van der Waals surface area contributed by atoms with Gasteiger partial charge in [0, 0.05) is 32.2 Å². The predicted molar refractivity (Wildman–Crippen MR) is 73.2 cm³/mol. The molecule has 1 rings (SSSR count). The van der Waals surface area contributed by atoms with Crippen LogP contribution in [0.25, 0.3) is 0 Å². The van der Waals surface area contributed by atoms with Gasteiger partial charge >= 0.3 is 0 Å². The maximum Gasteiger partial charge on any atom is 0.225 e. The van der Waals surface area contributed by atoms with E-state index in [9.17, 15) is 4.79 Å². The van der Waals surface area contributed by atoms with Gasteiger partial charge in [-0.3, -0.25) is 4.79 Å². The fourth-order valence-electron chi connectivity index (χ4n) is 2.56.